The average molecular weight is 357 g/mol. The molecule has 5 heterocycles. The van der Waals surface area contributed by atoms with Crippen LogP contribution in [0.5, 0.6) is 5.88 Å². The summed E-state index contributed by atoms with van der Waals surface area (Å²) in [5.74, 6) is 1.79. The first-order chi connectivity index (χ1) is 13.2. The number of nitrogens with zero attached hydrogens (tertiary/aromatic N) is 6. The molecule has 0 unspecified atom stereocenters. The third-order valence-electron chi connectivity index (χ3n) is 4.39. The Morgan fingerprint density at radius 1 is 1.04 bits per heavy atom. The zero-order chi connectivity index (χ0) is 18.4. The molecule has 0 spiro atoms. The lowest BCUT2D eigenvalue weighted by molar-refractivity contribution is 0.403. The second-order valence-corrected chi connectivity index (χ2v) is 6.07. The first kappa shape index (κ1) is 15.4. The predicted molar refractivity (Wildman–Crippen MR) is 101 cm³/mol. The van der Waals surface area contributed by atoms with Crippen molar-refractivity contribution >= 4 is 22.1 Å². The van der Waals surface area contributed by atoms with Crippen molar-refractivity contribution in [2.45, 2.75) is 6.92 Å². The Balaban J connectivity index is 1.80. The van der Waals surface area contributed by atoms with E-state index in [1.165, 1.54) is 0 Å². The van der Waals surface area contributed by atoms with Gasteiger partial charge in [-0.1, -0.05) is 6.07 Å². The van der Waals surface area contributed by atoms with E-state index in [-0.39, 0.29) is 0 Å². The van der Waals surface area contributed by atoms with Crippen molar-refractivity contribution in [1.82, 2.24) is 34.5 Å². The molecule has 0 saturated carbocycles. The highest BCUT2D eigenvalue weighted by Gasteiger charge is 2.16. The van der Waals surface area contributed by atoms with Crippen LogP contribution in [0.1, 0.15) is 5.69 Å². The molecule has 27 heavy (non-hydrogen) atoms. The third-order valence-corrected chi connectivity index (χ3v) is 4.39. The van der Waals surface area contributed by atoms with E-state index in [9.17, 15) is 0 Å². The summed E-state index contributed by atoms with van der Waals surface area (Å²) in [5.41, 5.74) is 3.87. The normalized spacial score (nSPS) is 11.3. The molecule has 0 saturated heterocycles. The number of pyridine rings is 2. The molecule has 0 amide bonds. The number of aryl methyl sites for hydroxylation is 1. The number of rotatable bonds is 3. The van der Waals surface area contributed by atoms with Crippen molar-refractivity contribution in [2.75, 3.05) is 7.11 Å². The standard InChI is InChI=1S/C19H15N7O/c1-11-4-3-5-13(23-11)16-24-17-15(21-10-22-17)18(25-16)26-9-7-12-14(26)6-8-20-19(12)27-2/h3-10H,1-2H3,(H,21,22,24,25). The first-order valence-electron chi connectivity index (χ1n) is 8.40. The van der Waals surface area contributed by atoms with Gasteiger partial charge < -0.3 is 9.72 Å². The number of H-pyrrole nitrogens is 1. The highest BCUT2D eigenvalue weighted by Crippen LogP contribution is 2.28. The van der Waals surface area contributed by atoms with Gasteiger partial charge in [0.05, 0.1) is 24.3 Å². The molecule has 1 N–H and O–H groups in total. The smallest absolute Gasteiger partial charge is 0.222 e. The molecule has 5 rings (SSSR count). The maximum atomic E-state index is 5.37. The number of methoxy groups -OCH3 is 1. The van der Waals surface area contributed by atoms with Crippen molar-refractivity contribution in [3.8, 4) is 23.2 Å². The van der Waals surface area contributed by atoms with E-state index in [4.69, 9.17) is 9.72 Å². The van der Waals surface area contributed by atoms with Crippen LogP contribution >= 0.6 is 0 Å². The zero-order valence-corrected chi connectivity index (χ0v) is 14.7. The maximum Gasteiger partial charge on any atom is 0.222 e. The summed E-state index contributed by atoms with van der Waals surface area (Å²) in [5, 5.41) is 0.904. The van der Waals surface area contributed by atoms with E-state index in [1.807, 2.05) is 48.0 Å². The van der Waals surface area contributed by atoms with Gasteiger partial charge in [0.25, 0.3) is 0 Å². The van der Waals surface area contributed by atoms with Crippen molar-refractivity contribution in [1.29, 1.82) is 0 Å². The minimum absolute atomic E-state index is 0.524. The second-order valence-electron chi connectivity index (χ2n) is 6.07. The molecule has 0 fully saturated rings. The van der Waals surface area contributed by atoms with Crippen LogP contribution in [0.25, 0.3) is 39.4 Å². The Morgan fingerprint density at radius 2 is 1.96 bits per heavy atom. The Hall–Kier alpha value is -3.81. The van der Waals surface area contributed by atoms with Gasteiger partial charge in [0.1, 0.15) is 11.2 Å². The summed E-state index contributed by atoms with van der Waals surface area (Å²) in [6, 6.07) is 9.65. The van der Waals surface area contributed by atoms with Crippen molar-refractivity contribution in [3.05, 3.63) is 54.7 Å². The van der Waals surface area contributed by atoms with E-state index in [0.29, 0.717) is 28.9 Å². The summed E-state index contributed by atoms with van der Waals surface area (Å²) in [6.45, 7) is 1.94. The van der Waals surface area contributed by atoms with Crippen molar-refractivity contribution in [2.24, 2.45) is 0 Å². The summed E-state index contributed by atoms with van der Waals surface area (Å²) in [7, 11) is 1.61. The Morgan fingerprint density at radius 3 is 2.81 bits per heavy atom. The molecule has 5 aromatic heterocycles. The van der Waals surface area contributed by atoms with Crippen LogP contribution in [-0.4, -0.2) is 41.6 Å². The molecule has 0 radical (unpaired) electrons. The summed E-state index contributed by atoms with van der Waals surface area (Å²) >= 11 is 0. The Kier molecular flexibility index (Phi) is 3.36. The Bertz CT molecular complexity index is 1290. The highest BCUT2D eigenvalue weighted by molar-refractivity contribution is 5.89. The number of hydrogen-bond donors (Lipinski definition) is 1. The summed E-state index contributed by atoms with van der Waals surface area (Å²) < 4.78 is 7.34. The van der Waals surface area contributed by atoms with E-state index < -0.39 is 0 Å². The lowest BCUT2D eigenvalue weighted by Crippen LogP contribution is -2.02. The molecule has 0 aromatic carbocycles. The van der Waals surface area contributed by atoms with Crippen LogP contribution in [0, 0.1) is 6.92 Å². The van der Waals surface area contributed by atoms with Gasteiger partial charge in [-0.05, 0) is 31.2 Å². The SMILES string of the molecule is COc1nccc2c1ccn2-c1nc(-c2cccc(C)n2)nc2nc[nH]c12. The lowest BCUT2D eigenvalue weighted by atomic mass is 10.3. The monoisotopic (exact) mass is 357 g/mol. The molecule has 0 aliphatic carbocycles. The van der Waals surface area contributed by atoms with Gasteiger partial charge in [-0.3, -0.25) is 4.57 Å². The number of fused-ring (bicyclic) bond motifs is 2. The van der Waals surface area contributed by atoms with Gasteiger partial charge in [0.15, 0.2) is 17.3 Å². The molecular formula is C19H15N7O. The number of aromatic amines is 1. The van der Waals surface area contributed by atoms with E-state index >= 15 is 0 Å². The van der Waals surface area contributed by atoms with Crippen molar-refractivity contribution < 1.29 is 4.74 Å². The van der Waals surface area contributed by atoms with Gasteiger partial charge in [0, 0.05) is 18.1 Å². The molecule has 0 aliphatic rings. The summed E-state index contributed by atoms with van der Waals surface area (Å²) in [4.78, 5) is 25.6. The van der Waals surface area contributed by atoms with E-state index in [0.717, 1.165) is 22.1 Å². The highest BCUT2D eigenvalue weighted by atomic mass is 16.5. The van der Waals surface area contributed by atoms with E-state index in [2.05, 4.69) is 24.9 Å². The topological polar surface area (TPSA) is 94.4 Å². The molecule has 0 atom stereocenters. The number of imidazole rings is 1. The molecule has 132 valence electrons. The fourth-order valence-electron chi connectivity index (χ4n) is 3.16. The fourth-order valence-corrected chi connectivity index (χ4v) is 3.16. The van der Waals surface area contributed by atoms with Crippen LogP contribution in [0.4, 0.5) is 0 Å². The number of hydrogen-bond acceptors (Lipinski definition) is 6. The molecule has 8 nitrogen and oxygen atoms in total. The van der Waals surface area contributed by atoms with Crippen molar-refractivity contribution in [3.63, 3.8) is 0 Å². The predicted octanol–water partition coefficient (Wildman–Crippen LogP) is 3.07. The number of nitrogens with one attached hydrogen (secondary N) is 1. The lowest BCUT2D eigenvalue weighted by Gasteiger charge is -2.09. The first-order valence-corrected chi connectivity index (χ1v) is 8.40. The minimum atomic E-state index is 0.524. The van der Waals surface area contributed by atoms with Crippen LogP contribution in [0.3, 0.4) is 0 Å². The number of aromatic nitrogens is 7. The molecule has 0 aliphatic heterocycles. The molecule has 8 heteroatoms. The Labute approximate surface area is 153 Å². The summed E-state index contributed by atoms with van der Waals surface area (Å²) in [6.07, 6.45) is 5.26. The van der Waals surface area contributed by atoms with E-state index in [1.54, 1.807) is 19.6 Å². The molecule has 5 aromatic rings. The fraction of sp³-hybridized carbons (Fsp3) is 0.105. The third kappa shape index (κ3) is 2.42. The molecule has 0 bridgehead atoms. The molecular weight excluding hydrogens is 342 g/mol. The van der Waals surface area contributed by atoms with Crippen LogP contribution < -0.4 is 4.74 Å². The average Bonchev–Trinajstić information content (AvgIpc) is 3.33. The van der Waals surface area contributed by atoms with Crippen LogP contribution in [0.2, 0.25) is 0 Å². The van der Waals surface area contributed by atoms with Gasteiger partial charge >= 0.3 is 0 Å². The van der Waals surface area contributed by atoms with Crippen LogP contribution in [-0.2, 0) is 0 Å². The minimum Gasteiger partial charge on any atom is -0.481 e. The zero-order valence-electron chi connectivity index (χ0n) is 14.7. The van der Waals surface area contributed by atoms with Gasteiger partial charge in [-0.2, -0.15) is 0 Å². The quantitative estimate of drug-likeness (QED) is 0.533. The number of ether oxygens (including phenoxy) is 1. The van der Waals surface area contributed by atoms with Gasteiger partial charge in [0.2, 0.25) is 5.88 Å². The largest absolute Gasteiger partial charge is 0.481 e. The van der Waals surface area contributed by atoms with Crippen LogP contribution in [0.15, 0.2) is 49.1 Å². The van der Waals surface area contributed by atoms with Gasteiger partial charge in [-0.25, -0.2) is 24.9 Å². The maximum absolute atomic E-state index is 5.37. The van der Waals surface area contributed by atoms with Gasteiger partial charge in [-0.15, -0.1) is 0 Å². The second kappa shape index (κ2) is 5.87.